The third kappa shape index (κ3) is 2.79. The minimum atomic E-state index is -1.99. The highest BCUT2D eigenvalue weighted by Gasteiger charge is 2.45. The number of hydrogen-bond donors (Lipinski definition) is 3. The maximum Gasteiger partial charge on any atom is 0.102 e. The summed E-state index contributed by atoms with van der Waals surface area (Å²) in [7, 11) is -1.99. The van der Waals surface area contributed by atoms with E-state index < -0.39 is 26.0 Å². The number of hydrogen-bond acceptors (Lipinski definition) is 3. The molecule has 0 aliphatic carbocycles. The molecular formula is C10H24O3Si. The minimum absolute atomic E-state index is 0.00227. The minimum Gasteiger partial charge on any atom is -0.394 e. The van der Waals surface area contributed by atoms with Crippen LogP contribution in [-0.2, 0) is 0 Å². The van der Waals surface area contributed by atoms with E-state index in [1.807, 2.05) is 13.1 Å². The van der Waals surface area contributed by atoms with Gasteiger partial charge in [0.2, 0.25) is 0 Å². The molecule has 0 unspecified atom stereocenters. The first-order valence-corrected chi connectivity index (χ1v) is 8.13. The first-order chi connectivity index (χ1) is 6.01. The van der Waals surface area contributed by atoms with Crippen LogP contribution in [0.5, 0.6) is 0 Å². The topological polar surface area (TPSA) is 60.7 Å². The lowest BCUT2D eigenvalue weighted by Crippen LogP contribution is -2.57. The van der Waals surface area contributed by atoms with Crippen LogP contribution in [0.3, 0.4) is 0 Å². The number of aliphatic hydroxyl groups excluding tert-OH is 3. The summed E-state index contributed by atoms with van der Waals surface area (Å²) in [4.78, 5) is 0. The maximum absolute atomic E-state index is 10.0. The molecule has 4 heteroatoms. The van der Waals surface area contributed by atoms with Crippen LogP contribution in [0.4, 0.5) is 0 Å². The smallest absolute Gasteiger partial charge is 0.102 e. The Kier molecular flexibility index (Phi) is 4.34. The molecule has 0 aromatic heterocycles. The third-order valence-corrected chi connectivity index (χ3v) is 9.18. The van der Waals surface area contributed by atoms with Gasteiger partial charge in [-0.25, -0.2) is 0 Å². The van der Waals surface area contributed by atoms with E-state index in [0.29, 0.717) is 0 Å². The maximum atomic E-state index is 10.0. The molecular weight excluding hydrogens is 196 g/mol. The summed E-state index contributed by atoms with van der Waals surface area (Å²) in [5.41, 5.74) is -0.789. The van der Waals surface area contributed by atoms with Crippen LogP contribution in [0.15, 0.2) is 0 Å². The fourth-order valence-corrected chi connectivity index (χ4v) is 3.15. The largest absolute Gasteiger partial charge is 0.394 e. The average molecular weight is 220 g/mol. The highest BCUT2D eigenvalue weighted by Crippen LogP contribution is 2.39. The van der Waals surface area contributed by atoms with Crippen molar-refractivity contribution >= 4 is 8.07 Å². The lowest BCUT2D eigenvalue weighted by atomic mass is 10.2. The molecule has 0 bridgehead atoms. The summed E-state index contributed by atoms with van der Waals surface area (Å²) in [5.74, 6) is 0. The molecule has 0 spiro atoms. The van der Waals surface area contributed by atoms with Gasteiger partial charge in [-0.2, -0.15) is 0 Å². The van der Waals surface area contributed by atoms with E-state index in [1.54, 1.807) is 0 Å². The van der Waals surface area contributed by atoms with E-state index in [2.05, 4.69) is 20.8 Å². The Morgan fingerprint density at radius 3 is 1.57 bits per heavy atom. The second kappa shape index (κ2) is 4.31. The van der Waals surface area contributed by atoms with Crippen LogP contribution < -0.4 is 0 Å². The van der Waals surface area contributed by atoms with Gasteiger partial charge in [0.1, 0.15) is 6.10 Å². The fraction of sp³-hybridized carbons (Fsp3) is 1.00. The van der Waals surface area contributed by atoms with Gasteiger partial charge in [-0.3, -0.25) is 0 Å². The van der Waals surface area contributed by atoms with Gasteiger partial charge in [0.25, 0.3) is 0 Å². The van der Waals surface area contributed by atoms with Gasteiger partial charge in [0, 0.05) is 0 Å². The molecule has 0 saturated carbocycles. The molecule has 14 heavy (non-hydrogen) atoms. The standard InChI is InChI=1S/C10H24O3Si/c1-7(11)8(12)9(13)14(5,6)10(2,3)4/h7-9,11-13H,1-6H3/t7-,8-,9-/m1/s1. The van der Waals surface area contributed by atoms with E-state index in [1.165, 1.54) is 6.92 Å². The van der Waals surface area contributed by atoms with Crippen LogP contribution in [0.2, 0.25) is 18.1 Å². The average Bonchev–Trinajstić information content (AvgIpc) is 1.99. The molecule has 0 aliphatic heterocycles. The summed E-state index contributed by atoms with van der Waals surface area (Å²) in [6.45, 7) is 11.8. The molecule has 0 fully saturated rings. The summed E-state index contributed by atoms with van der Waals surface area (Å²) >= 11 is 0. The molecule has 0 aromatic rings. The predicted octanol–water partition coefficient (Wildman–Crippen LogP) is 1.14. The Morgan fingerprint density at radius 1 is 1.00 bits per heavy atom. The molecule has 0 rings (SSSR count). The monoisotopic (exact) mass is 220 g/mol. The van der Waals surface area contributed by atoms with E-state index in [4.69, 9.17) is 0 Å². The van der Waals surface area contributed by atoms with E-state index in [0.717, 1.165) is 0 Å². The quantitative estimate of drug-likeness (QED) is 0.625. The van der Waals surface area contributed by atoms with E-state index in [9.17, 15) is 15.3 Å². The van der Waals surface area contributed by atoms with Crippen molar-refractivity contribution in [2.45, 2.75) is 63.8 Å². The van der Waals surface area contributed by atoms with Gasteiger partial charge in [-0.1, -0.05) is 33.9 Å². The van der Waals surface area contributed by atoms with Crippen molar-refractivity contribution < 1.29 is 15.3 Å². The molecule has 0 aromatic carbocycles. The summed E-state index contributed by atoms with van der Waals surface area (Å²) in [6.07, 6.45) is -1.91. The van der Waals surface area contributed by atoms with Crippen molar-refractivity contribution in [3.8, 4) is 0 Å². The Balaban J connectivity index is 4.75. The van der Waals surface area contributed by atoms with Crippen molar-refractivity contribution in [2.24, 2.45) is 0 Å². The van der Waals surface area contributed by atoms with Gasteiger partial charge in [-0.15, -0.1) is 0 Å². The molecule has 3 nitrogen and oxygen atoms in total. The molecule has 0 radical (unpaired) electrons. The molecule has 0 heterocycles. The van der Waals surface area contributed by atoms with Gasteiger partial charge in [0.05, 0.1) is 19.9 Å². The zero-order valence-electron chi connectivity index (χ0n) is 10.1. The Bertz CT molecular complexity index is 184. The molecule has 0 saturated heterocycles. The van der Waals surface area contributed by atoms with Crippen LogP contribution >= 0.6 is 0 Å². The van der Waals surface area contributed by atoms with Gasteiger partial charge in [0.15, 0.2) is 0 Å². The zero-order valence-corrected chi connectivity index (χ0v) is 11.1. The van der Waals surface area contributed by atoms with Crippen LogP contribution in [0.1, 0.15) is 27.7 Å². The Hall–Kier alpha value is 0.0969. The molecule has 86 valence electrons. The highest BCUT2D eigenvalue weighted by molar-refractivity contribution is 6.81. The normalized spacial score (nSPS) is 20.4. The van der Waals surface area contributed by atoms with Crippen molar-refractivity contribution in [1.82, 2.24) is 0 Å². The van der Waals surface area contributed by atoms with Crippen molar-refractivity contribution in [3.63, 3.8) is 0 Å². The van der Waals surface area contributed by atoms with Gasteiger partial charge in [-0.05, 0) is 12.0 Å². The van der Waals surface area contributed by atoms with Crippen LogP contribution in [0.25, 0.3) is 0 Å². The molecule has 0 aliphatic rings. The molecule has 0 amide bonds. The van der Waals surface area contributed by atoms with Gasteiger partial charge < -0.3 is 15.3 Å². The second-order valence-corrected chi connectivity index (χ2v) is 11.2. The van der Waals surface area contributed by atoms with Gasteiger partial charge >= 0.3 is 0 Å². The first kappa shape index (κ1) is 14.1. The summed E-state index contributed by atoms with van der Waals surface area (Å²) in [6, 6.07) is 0. The molecule has 3 N–H and O–H groups in total. The summed E-state index contributed by atoms with van der Waals surface area (Å²) < 4.78 is 0. The van der Waals surface area contributed by atoms with Crippen LogP contribution in [-0.4, -0.2) is 41.3 Å². The third-order valence-electron chi connectivity index (χ3n) is 3.49. The summed E-state index contributed by atoms with van der Waals surface area (Å²) in [5, 5.41) is 28.9. The van der Waals surface area contributed by atoms with E-state index >= 15 is 0 Å². The van der Waals surface area contributed by atoms with Crippen LogP contribution in [0, 0.1) is 0 Å². The first-order valence-electron chi connectivity index (χ1n) is 5.06. The second-order valence-electron chi connectivity index (χ2n) is 5.65. The van der Waals surface area contributed by atoms with E-state index in [-0.39, 0.29) is 5.04 Å². The predicted molar refractivity (Wildman–Crippen MR) is 60.9 cm³/mol. The van der Waals surface area contributed by atoms with Crippen molar-refractivity contribution in [3.05, 3.63) is 0 Å². The number of aliphatic hydroxyl groups is 3. The fourth-order valence-electron chi connectivity index (χ4n) is 1.13. The van der Waals surface area contributed by atoms with Crippen molar-refractivity contribution in [1.29, 1.82) is 0 Å². The van der Waals surface area contributed by atoms with Crippen molar-refractivity contribution in [2.75, 3.05) is 0 Å². The molecule has 3 atom stereocenters. The lowest BCUT2D eigenvalue weighted by Gasteiger charge is -2.42. The zero-order chi connectivity index (χ0) is 11.7. The highest BCUT2D eigenvalue weighted by atomic mass is 28.3. The number of rotatable bonds is 3. The SMILES string of the molecule is C[C@@H](O)[C@@H](O)[C@H](O)[Si](C)(C)C(C)(C)C. The lowest BCUT2D eigenvalue weighted by molar-refractivity contribution is -0.0258. The Morgan fingerprint density at radius 2 is 1.36 bits per heavy atom. The Labute approximate surface area is 87.8 Å².